The smallest absolute Gasteiger partial charge is 0.326 e. The molecule has 0 bridgehead atoms. The first kappa shape index (κ1) is 17.5. The van der Waals surface area contributed by atoms with Crippen LogP contribution in [0.15, 0.2) is 67.0 Å². The van der Waals surface area contributed by atoms with Crippen LogP contribution in [0.2, 0.25) is 0 Å². The fourth-order valence-corrected chi connectivity index (χ4v) is 2.94. The van der Waals surface area contributed by atoms with E-state index in [1.165, 1.54) is 12.4 Å². The maximum atomic E-state index is 12.6. The van der Waals surface area contributed by atoms with Gasteiger partial charge in [0.15, 0.2) is 0 Å². The van der Waals surface area contributed by atoms with Gasteiger partial charge in [-0.25, -0.2) is 9.78 Å². The molecule has 1 amide bonds. The molecular formula is C21H16N4O3. The van der Waals surface area contributed by atoms with Crippen LogP contribution in [0.4, 0.5) is 0 Å². The Hall–Kier alpha value is -3.87. The van der Waals surface area contributed by atoms with Crippen LogP contribution in [0.3, 0.4) is 0 Å². The summed E-state index contributed by atoms with van der Waals surface area (Å²) in [4.78, 5) is 37.2. The van der Waals surface area contributed by atoms with E-state index in [1.54, 1.807) is 12.1 Å². The fourth-order valence-electron chi connectivity index (χ4n) is 2.94. The lowest BCUT2D eigenvalue weighted by Gasteiger charge is -2.14. The minimum atomic E-state index is -1.14. The normalized spacial score (nSPS) is 12.0. The monoisotopic (exact) mass is 372 g/mol. The van der Waals surface area contributed by atoms with E-state index in [1.807, 2.05) is 42.5 Å². The van der Waals surface area contributed by atoms with Gasteiger partial charge in [-0.05, 0) is 24.3 Å². The molecule has 1 atom stereocenters. The van der Waals surface area contributed by atoms with Crippen LogP contribution < -0.4 is 5.32 Å². The van der Waals surface area contributed by atoms with Gasteiger partial charge in [-0.15, -0.1) is 0 Å². The van der Waals surface area contributed by atoms with Crippen LogP contribution in [0.5, 0.6) is 0 Å². The highest BCUT2D eigenvalue weighted by Gasteiger charge is 2.22. The van der Waals surface area contributed by atoms with Gasteiger partial charge in [-0.2, -0.15) is 0 Å². The molecule has 0 aliphatic heterocycles. The number of benzene rings is 2. The van der Waals surface area contributed by atoms with Crippen LogP contribution in [-0.4, -0.2) is 38.0 Å². The summed E-state index contributed by atoms with van der Waals surface area (Å²) in [5, 5.41) is 12.9. The van der Waals surface area contributed by atoms with Gasteiger partial charge in [0.05, 0.1) is 27.8 Å². The summed E-state index contributed by atoms with van der Waals surface area (Å²) >= 11 is 0. The second-order valence-corrected chi connectivity index (χ2v) is 6.34. The van der Waals surface area contributed by atoms with Crippen molar-refractivity contribution >= 4 is 33.8 Å². The van der Waals surface area contributed by atoms with E-state index in [0.717, 1.165) is 16.4 Å². The van der Waals surface area contributed by atoms with Crippen molar-refractivity contribution in [1.82, 2.24) is 20.3 Å². The first-order valence-corrected chi connectivity index (χ1v) is 8.69. The Morgan fingerprint density at radius 3 is 2.39 bits per heavy atom. The zero-order valence-corrected chi connectivity index (χ0v) is 14.7. The number of para-hydroxylation sites is 3. The largest absolute Gasteiger partial charge is 0.480 e. The maximum absolute atomic E-state index is 12.6. The van der Waals surface area contributed by atoms with Gasteiger partial charge >= 0.3 is 5.97 Å². The predicted molar refractivity (Wildman–Crippen MR) is 104 cm³/mol. The summed E-state index contributed by atoms with van der Waals surface area (Å²) in [6.07, 6.45) is 2.99. The molecule has 138 valence electrons. The maximum Gasteiger partial charge on any atom is 0.326 e. The van der Waals surface area contributed by atoms with Crippen molar-refractivity contribution in [3.05, 3.63) is 78.2 Å². The van der Waals surface area contributed by atoms with E-state index in [0.29, 0.717) is 16.8 Å². The Kier molecular flexibility index (Phi) is 4.63. The minimum Gasteiger partial charge on any atom is -0.480 e. The number of carboxylic acid groups (broad SMARTS) is 1. The van der Waals surface area contributed by atoms with Gasteiger partial charge in [0.25, 0.3) is 5.91 Å². The number of carbonyl (C=O) groups excluding carboxylic acids is 1. The molecule has 0 saturated carbocycles. The highest BCUT2D eigenvalue weighted by molar-refractivity contribution is 5.99. The van der Waals surface area contributed by atoms with Crippen molar-refractivity contribution in [1.29, 1.82) is 0 Å². The second kappa shape index (κ2) is 7.40. The first-order valence-electron chi connectivity index (χ1n) is 8.69. The molecule has 28 heavy (non-hydrogen) atoms. The van der Waals surface area contributed by atoms with E-state index in [9.17, 15) is 14.7 Å². The molecule has 0 unspecified atom stereocenters. The lowest BCUT2D eigenvalue weighted by molar-refractivity contribution is -0.139. The van der Waals surface area contributed by atoms with E-state index < -0.39 is 17.9 Å². The Morgan fingerprint density at radius 2 is 1.61 bits per heavy atom. The van der Waals surface area contributed by atoms with Gasteiger partial charge in [0.2, 0.25) is 0 Å². The van der Waals surface area contributed by atoms with E-state index >= 15 is 0 Å². The lowest BCUT2D eigenvalue weighted by Crippen LogP contribution is -2.42. The standard InChI is InChI=1S/C21H16N4O3/c26-20(14-9-13-5-1-2-6-16(13)22-11-14)25-19(21(27)28)10-15-12-23-17-7-3-4-8-18(17)24-15/h1-9,11-12,19H,10H2,(H,25,26)(H,27,28)/t19-/m1/s1. The Labute approximate surface area is 160 Å². The number of aromatic nitrogens is 3. The highest BCUT2D eigenvalue weighted by atomic mass is 16.4. The van der Waals surface area contributed by atoms with Gasteiger partial charge in [0.1, 0.15) is 6.04 Å². The van der Waals surface area contributed by atoms with E-state index in [-0.39, 0.29) is 6.42 Å². The average Bonchev–Trinajstić information content (AvgIpc) is 2.72. The number of hydrogen-bond acceptors (Lipinski definition) is 5. The third-order valence-corrected chi connectivity index (χ3v) is 4.37. The number of nitrogens with zero attached hydrogens (tertiary/aromatic N) is 3. The van der Waals surface area contributed by atoms with Crippen molar-refractivity contribution in [3.63, 3.8) is 0 Å². The highest BCUT2D eigenvalue weighted by Crippen LogP contribution is 2.14. The van der Waals surface area contributed by atoms with Gasteiger partial charge < -0.3 is 10.4 Å². The van der Waals surface area contributed by atoms with Gasteiger partial charge in [0, 0.05) is 24.2 Å². The molecule has 0 saturated heterocycles. The Balaban J connectivity index is 1.55. The van der Waals surface area contributed by atoms with Crippen molar-refractivity contribution in [2.24, 2.45) is 0 Å². The van der Waals surface area contributed by atoms with E-state index in [4.69, 9.17) is 0 Å². The number of carboxylic acids is 1. The van der Waals surface area contributed by atoms with E-state index in [2.05, 4.69) is 20.3 Å². The third kappa shape index (κ3) is 3.64. The average molecular weight is 372 g/mol. The summed E-state index contributed by atoms with van der Waals surface area (Å²) in [7, 11) is 0. The lowest BCUT2D eigenvalue weighted by atomic mass is 10.1. The SMILES string of the molecule is O=C(N[C@H](Cc1cnc2ccccc2n1)C(=O)O)c1cnc2ccccc2c1. The molecule has 0 spiro atoms. The van der Waals surface area contributed by atoms with Crippen LogP contribution in [0.1, 0.15) is 16.1 Å². The summed E-state index contributed by atoms with van der Waals surface area (Å²) in [6, 6.07) is 15.3. The Morgan fingerprint density at radius 1 is 0.929 bits per heavy atom. The number of rotatable bonds is 5. The molecule has 0 aliphatic rings. The van der Waals surface area contributed by atoms with Crippen LogP contribution in [-0.2, 0) is 11.2 Å². The summed E-state index contributed by atoms with van der Waals surface area (Å²) in [6.45, 7) is 0. The molecule has 7 heteroatoms. The third-order valence-electron chi connectivity index (χ3n) is 4.37. The predicted octanol–water partition coefficient (Wildman–Crippen LogP) is 2.60. The van der Waals surface area contributed by atoms with Gasteiger partial charge in [-0.1, -0.05) is 30.3 Å². The number of hydrogen-bond donors (Lipinski definition) is 2. The molecule has 4 aromatic rings. The van der Waals surface area contributed by atoms with Crippen molar-refractivity contribution in [2.75, 3.05) is 0 Å². The number of amides is 1. The molecular weight excluding hydrogens is 356 g/mol. The molecule has 2 N–H and O–H groups in total. The molecule has 4 rings (SSSR count). The van der Waals surface area contributed by atoms with Crippen LogP contribution in [0.25, 0.3) is 21.9 Å². The van der Waals surface area contributed by atoms with Crippen molar-refractivity contribution in [3.8, 4) is 0 Å². The van der Waals surface area contributed by atoms with Crippen molar-refractivity contribution < 1.29 is 14.7 Å². The number of fused-ring (bicyclic) bond motifs is 2. The quantitative estimate of drug-likeness (QED) is 0.558. The number of aliphatic carboxylic acids is 1. The van der Waals surface area contributed by atoms with Crippen LogP contribution in [0, 0.1) is 0 Å². The topological polar surface area (TPSA) is 105 Å². The molecule has 0 aliphatic carbocycles. The number of nitrogens with one attached hydrogen (secondary N) is 1. The molecule has 7 nitrogen and oxygen atoms in total. The molecule has 2 aromatic carbocycles. The Bertz CT molecular complexity index is 1190. The van der Waals surface area contributed by atoms with Crippen LogP contribution >= 0.6 is 0 Å². The number of pyridine rings is 1. The molecule has 2 aromatic heterocycles. The summed E-state index contributed by atoms with van der Waals surface area (Å²) in [5.41, 5.74) is 2.96. The minimum absolute atomic E-state index is 0.0277. The second-order valence-electron chi connectivity index (χ2n) is 6.34. The van der Waals surface area contributed by atoms with Crippen molar-refractivity contribution in [2.45, 2.75) is 12.5 Å². The molecule has 0 fully saturated rings. The van der Waals surface area contributed by atoms with Gasteiger partial charge in [-0.3, -0.25) is 14.8 Å². The first-order chi connectivity index (χ1) is 13.6. The zero-order valence-electron chi connectivity index (χ0n) is 14.7. The molecule has 2 heterocycles. The molecule has 0 radical (unpaired) electrons. The fraction of sp³-hybridized carbons (Fsp3) is 0.0952. The zero-order chi connectivity index (χ0) is 19.5. The number of carbonyl (C=O) groups is 2. The summed E-state index contributed by atoms with van der Waals surface area (Å²) in [5.74, 6) is -1.64. The summed E-state index contributed by atoms with van der Waals surface area (Å²) < 4.78 is 0.